The third-order valence-electron chi connectivity index (χ3n) is 6.15. The van der Waals surface area contributed by atoms with E-state index in [4.69, 9.17) is 16.0 Å². The van der Waals surface area contributed by atoms with Gasteiger partial charge in [-0.3, -0.25) is 4.79 Å². The number of halogens is 1. The number of benzene rings is 3. The number of fused-ring (bicyclic) bond motifs is 1. The third-order valence-corrected chi connectivity index (χ3v) is 6.39. The van der Waals surface area contributed by atoms with Crippen LogP contribution in [-0.2, 0) is 0 Å². The lowest BCUT2D eigenvalue weighted by molar-refractivity contribution is 0.0950. The maximum atomic E-state index is 13.2. The van der Waals surface area contributed by atoms with Crippen molar-refractivity contribution in [3.8, 4) is 17.4 Å². The van der Waals surface area contributed by atoms with Gasteiger partial charge in [-0.1, -0.05) is 67.4 Å². The predicted octanol–water partition coefficient (Wildman–Crippen LogP) is 8.13. The zero-order valence-corrected chi connectivity index (χ0v) is 22.0. The zero-order chi connectivity index (χ0) is 26.0. The highest BCUT2D eigenvalue weighted by Gasteiger charge is 2.22. The van der Waals surface area contributed by atoms with Gasteiger partial charge in [-0.05, 0) is 73.2 Å². The van der Waals surface area contributed by atoms with Gasteiger partial charge in [0, 0.05) is 22.5 Å². The summed E-state index contributed by atoms with van der Waals surface area (Å²) < 4.78 is 6.13. The molecule has 0 aliphatic heterocycles. The third kappa shape index (κ3) is 5.22. The minimum Gasteiger partial charge on any atom is -0.455 e. The predicted molar refractivity (Wildman–Crippen MR) is 148 cm³/mol. The van der Waals surface area contributed by atoms with E-state index >= 15 is 0 Å². The number of carbonyl (C=O) groups excluding carboxylic acids is 1. The molecular weight excluding hydrogens is 468 g/mol. The van der Waals surface area contributed by atoms with Gasteiger partial charge in [0.05, 0.1) is 17.2 Å². The minimum atomic E-state index is -0.202. The van der Waals surface area contributed by atoms with Crippen LogP contribution in [-0.4, -0.2) is 12.5 Å². The Balaban J connectivity index is 1.76. The van der Waals surface area contributed by atoms with Gasteiger partial charge in [-0.2, -0.15) is 5.26 Å². The van der Waals surface area contributed by atoms with Gasteiger partial charge in [-0.15, -0.1) is 0 Å². The molecule has 1 heterocycles. The summed E-state index contributed by atoms with van der Waals surface area (Å²) in [5.41, 5.74) is 7.70. The van der Waals surface area contributed by atoms with Crippen LogP contribution in [0.15, 0.2) is 59.0 Å². The van der Waals surface area contributed by atoms with Crippen molar-refractivity contribution in [2.45, 2.75) is 34.6 Å². The van der Waals surface area contributed by atoms with Crippen molar-refractivity contribution >= 4 is 40.1 Å². The van der Waals surface area contributed by atoms with Crippen molar-refractivity contribution in [2.75, 3.05) is 6.54 Å². The highest BCUT2D eigenvalue weighted by Crippen LogP contribution is 2.36. The molecular formula is C31H29ClN2O2. The Morgan fingerprint density at radius 3 is 2.33 bits per heavy atom. The normalized spacial score (nSPS) is 11.7. The van der Waals surface area contributed by atoms with Crippen LogP contribution in [0.2, 0.25) is 5.02 Å². The molecule has 0 bridgehead atoms. The first-order chi connectivity index (χ1) is 17.2. The summed E-state index contributed by atoms with van der Waals surface area (Å²) >= 11 is 6.24. The summed E-state index contributed by atoms with van der Waals surface area (Å²) in [6.45, 7) is 10.8. The highest BCUT2D eigenvalue weighted by molar-refractivity contribution is 6.31. The summed E-state index contributed by atoms with van der Waals surface area (Å²) in [5, 5.41) is 14.1. The van der Waals surface area contributed by atoms with Crippen LogP contribution in [0.25, 0.3) is 33.9 Å². The Morgan fingerprint density at radius 1 is 1.06 bits per heavy atom. The fraction of sp³-hybridized carbons (Fsp3) is 0.226. The Labute approximate surface area is 217 Å². The average molecular weight is 497 g/mol. The molecule has 0 saturated carbocycles. The number of nitriles is 1. The van der Waals surface area contributed by atoms with Crippen LogP contribution in [0.1, 0.15) is 52.0 Å². The molecule has 0 saturated heterocycles. The lowest BCUT2D eigenvalue weighted by Crippen LogP contribution is -2.27. The second kappa shape index (κ2) is 10.4. The summed E-state index contributed by atoms with van der Waals surface area (Å²) in [6.07, 6.45) is 1.94. The average Bonchev–Trinajstić information content (AvgIpc) is 3.21. The van der Waals surface area contributed by atoms with E-state index in [-0.39, 0.29) is 5.91 Å². The van der Waals surface area contributed by atoms with Gasteiger partial charge in [0.25, 0.3) is 5.91 Å². The van der Waals surface area contributed by atoms with Gasteiger partial charge in [0.2, 0.25) is 0 Å². The second-order valence-electron chi connectivity index (χ2n) is 9.61. The number of amides is 1. The van der Waals surface area contributed by atoms with Crippen molar-refractivity contribution in [2.24, 2.45) is 5.92 Å². The number of nitrogens with one attached hydrogen (secondary N) is 1. The Hall–Kier alpha value is -3.81. The van der Waals surface area contributed by atoms with Gasteiger partial charge >= 0.3 is 0 Å². The summed E-state index contributed by atoms with van der Waals surface area (Å²) in [4.78, 5) is 13.2. The van der Waals surface area contributed by atoms with Crippen molar-refractivity contribution in [1.29, 1.82) is 5.26 Å². The summed E-state index contributed by atoms with van der Waals surface area (Å²) in [7, 11) is 0. The quantitative estimate of drug-likeness (QED) is 0.216. The number of carbonyl (C=O) groups is 1. The molecule has 36 heavy (non-hydrogen) atoms. The molecule has 1 amide bonds. The molecule has 4 aromatic rings. The van der Waals surface area contributed by atoms with Gasteiger partial charge in [0.1, 0.15) is 11.3 Å². The number of allylic oxidation sites excluding steroid dienone is 1. The fourth-order valence-corrected chi connectivity index (χ4v) is 4.60. The molecule has 182 valence electrons. The van der Waals surface area contributed by atoms with Crippen molar-refractivity contribution in [1.82, 2.24) is 5.32 Å². The molecule has 0 atom stereocenters. The van der Waals surface area contributed by atoms with E-state index in [2.05, 4.69) is 44.3 Å². The van der Waals surface area contributed by atoms with Gasteiger partial charge < -0.3 is 9.73 Å². The lowest BCUT2D eigenvalue weighted by atomic mass is 9.95. The van der Waals surface area contributed by atoms with Crippen molar-refractivity contribution in [3.63, 3.8) is 0 Å². The van der Waals surface area contributed by atoms with E-state index in [0.717, 1.165) is 27.8 Å². The van der Waals surface area contributed by atoms with Crippen LogP contribution < -0.4 is 5.32 Å². The maximum absolute atomic E-state index is 13.2. The van der Waals surface area contributed by atoms with Crippen molar-refractivity contribution < 1.29 is 9.21 Å². The summed E-state index contributed by atoms with van der Waals surface area (Å²) in [6, 6.07) is 19.4. The molecule has 0 radical (unpaired) electrons. The first-order valence-corrected chi connectivity index (χ1v) is 12.4. The monoisotopic (exact) mass is 496 g/mol. The minimum absolute atomic E-state index is 0.202. The van der Waals surface area contributed by atoms with E-state index < -0.39 is 0 Å². The number of hydrogen-bond donors (Lipinski definition) is 1. The largest absolute Gasteiger partial charge is 0.455 e. The number of rotatable bonds is 6. The molecule has 0 aliphatic carbocycles. The fourth-order valence-electron chi connectivity index (χ4n) is 4.43. The Kier molecular flexibility index (Phi) is 7.33. The van der Waals surface area contributed by atoms with E-state index in [9.17, 15) is 10.1 Å². The molecule has 0 unspecified atom stereocenters. The standard InChI is InChI=1S/C31H29ClN2O2/c1-18(2)17-34-31(35)29-27-15-25(32)10-11-28(27)36-30(29)23-8-6-22(7-9-23)24(16-33)14-26-20(4)12-19(3)13-21(26)5/h6-15,18H,17H2,1-5H3,(H,34,35)/b24-14+. The first kappa shape index (κ1) is 25.3. The van der Waals surface area contributed by atoms with Crippen LogP contribution in [0, 0.1) is 38.0 Å². The maximum Gasteiger partial charge on any atom is 0.255 e. The molecule has 4 nitrogen and oxygen atoms in total. The summed E-state index contributed by atoms with van der Waals surface area (Å²) in [5.74, 6) is 0.593. The number of nitrogens with zero attached hydrogens (tertiary/aromatic N) is 1. The SMILES string of the molecule is Cc1cc(C)c(/C=C(\C#N)c2ccc(-c3oc4ccc(Cl)cc4c3C(=O)NCC(C)C)cc2)c(C)c1. The lowest BCUT2D eigenvalue weighted by Gasteiger charge is -2.10. The van der Waals surface area contributed by atoms with Gasteiger partial charge in [0.15, 0.2) is 0 Å². The highest BCUT2D eigenvalue weighted by atomic mass is 35.5. The van der Waals surface area contributed by atoms with Crippen LogP contribution in [0.5, 0.6) is 0 Å². The molecule has 3 aromatic carbocycles. The molecule has 1 N–H and O–H groups in total. The van der Waals surface area contributed by atoms with E-state index in [1.54, 1.807) is 18.2 Å². The van der Waals surface area contributed by atoms with Crippen LogP contribution in [0.4, 0.5) is 0 Å². The zero-order valence-electron chi connectivity index (χ0n) is 21.2. The van der Waals surface area contributed by atoms with E-state index in [0.29, 0.717) is 45.4 Å². The van der Waals surface area contributed by atoms with E-state index in [1.807, 2.05) is 44.2 Å². The molecule has 1 aromatic heterocycles. The first-order valence-electron chi connectivity index (χ1n) is 12.0. The smallest absolute Gasteiger partial charge is 0.255 e. The Morgan fingerprint density at radius 2 is 1.72 bits per heavy atom. The molecule has 0 fully saturated rings. The second-order valence-corrected chi connectivity index (χ2v) is 10.0. The number of furan rings is 1. The molecule has 0 aliphatic rings. The van der Waals surface area contributed by atoms with Gasteiger partial charge in [-0.25, -0.2) is 0 Å². The van der Waals surface area contributed by atoms with E-state index in [1.165, 1.54) is 5.56 Å². The van der Waals surface area contributed by atoms with Crippen LogP contribution in [0.3, 0.4) is 0 Å². The Bertz CT molecular complexity index is 1500. The molecule has 5 heteroatoms. The number of hydrogen-bond acceptors (Lipinski definition) is 3. The van der Waals surface area contributed by atoms with Crippen molar-refractivity contribution in [3.05, 3.63) is 93.0 Å². The number of aryl methyl sites for hydroxylation is 3. The molecule has 0 spiro atoms. The topological polar surface area (TPSA) is 66.0 Å². The van der Waals surface area contributed by atoms with Crippen LogP contribution >= 0.6 is 11.6 Å². The molecule has 4 rings (SSSR count).